The molecule has 3 aromatic rings. The average molecular weight is 388 g/mol. The summed E-state index contributed by atoms with van der Waals surface area (Å²) >= 11 is 7.47. The Bertz CT molecular complexity index is 894. The van der Waals surface area contributed by atoms with Crippen molar-refractivity contribution >= 4 is 34.8 Å². The Morgan fingerprint density at radius 3 is 2.69 bits per heavy atom. The van der Waals surface area contributed by atoms with E-state index in [2.05, 4.69) is 15.5 Å². The second kappa shape index (κ2) is 8.69. The molecule has 0 saturated heterocycles. The number of thiazole rings is 1. The van der Waals surface area contributed by atoms with Gasteiger partial charge < -0.3 is 9.47 Å². The predicted molar refractivity (Wildman–Crippen MR) is 107 cm³/mol. The minimum atomic E-state index is 0.409. The van der Waals surface area contributed by atoms with Crippen LogP contribution in [-0.4, -0.2) is 18.3 Å². The molecular weight excluding hydrogens is 370 g/mol. The van der Waals surface area contributed by atoms with Gasteiger partial charge in [-0.2, -0.15) is 5.10 Å². The number of hydrogen-bond donors (Lipinski definition) is 1. The number of halogens is 1. The Morgan fingerprint density at radius 1 is 1.19 bits per heavy atom. The van der Waals surface area contributed by atoms with Crippen molar-refractivity contribution in [2.45, 2.75) is 13.5 Å². The van der Waals surface area contributed by atoms with Crippen molar-refractivity contribution in [3.8, 4) is 11.5 Å². The van der Waals surface area contributed by atoms with Crippen molar-refractivity contribution in [3.05, 3.63) is 69.1 Å². The molecule has 0 saturated carbocycles. The lowest BCUT2D eigenvalue weighted by Crippen LogP contribution is -1.99. The second-order valence-corrected chi connectivity index (χ2v) is 6.93. The summed E-state index contributed by atoms with van der Waals surface area (Å²) in [7, 11) is 1.61. The van der Waals surface area contributed by atoms with Crippen LogP contribution >= 0.6 is 22.9 Å². The molecule has 1 aromatic heterocycles. The van der Waals surface area contributed by atoms with E-state index in [1.807, 2.05) is 42.6 Å². The fourth-order valence-corrected chi connectivity index (χ4v) is 2.94. The van der Waals surface area contributed by atoms with Gasteiger partial charge in [0.15, 0.2) is 11.5 Å². The van der Waals surface area contributed by atoms with Gasteiger partial charge in [0.1, 0.15) is 6.61 Å². The molecule has 26 heavy (non-hydrogen) atoms. The van der Waals surface area contributed by atoms with Gasteiger partial charge in [0.2, 0.25) is 0 Å². The molecule has 7 heteroatoms. The van der Waals surface area contributed by atoms with E-state index < -0.39 is 0 Å². The number of ether oxygens (including phenoxy) is 2. The second-order valence-electron chi connectivity index (χ2n) is 5.43. The highest BCUT2D eigenvalue weighted by atomic mass is 35.5. The largest absolute Gasteiger partial charge is 0.493 e. The van der Waals surface area contributed by atoms with Crippen LogP contribution in [0.25, 0.3) is 0 Å². The van der Waals surface area contributed by atoms with Crippen molar-refractivity contribution in [1.29, 1.82) is 0 Å². The van der Waals surface area contributed by atoms with Crippen LogP contribution in [0.5, 0.6) is 11.5 Å². The molecule has 3 rings (SSSR count). The van der Waals surface area contributed by atoms with Crippen molar-refractivity contribution < 1.29 is 9.47 Å². The van der Waals surface area contributed by atoms with Crippen LogP contribution in [0.15, 0.2) is 52.9 Å². The molecule has 1 heterocycles. The molecule has 0 aliphatic carbocycles. The summed E-state index contributed by atoms with van der Waals surface area (Å²) in [5.74, 6) is 1.31. The summed E-state index contributed by atoms with van der Waals surface area (Å²) in [5, 5.41) is 7.92. The van der Waals surface area contributed by atoms with Crippen molar-refractivity contribution in [2.24, 2.45) is 5.10 Å². The Kier molecular flexibility index (Phi) is 6.09. The van der Waals surface area contributed by atoms with E-state index in [-0.39, 0.29) is 0 Å². The van der Waals surface area contributed by atoms with Gasteiger partial charge in [-0.05, 0) is 55.0 Å². The number of aromatic nitrogens is 1. The van der Waals surface area contributed by atoms with Gasteiger partial charge in [-0.1, -0.05) is 11.6 Å². The van der Waals surface area contributed by atoms with Gasteiger partial charge in [0, 0.05) is 10.4 Å². The number of hydrogen-bond acceptors (Lipinski definition) is 6. The van der Waals surface area contributed by atoms with Crippen molar-refractivity contribution in [1.82, 2.24) is 4.98 Å². The number of anilines is 1. The van der Waals surface area contributed by atoms with E-state index in [1.165, 1.54) is 0 Å². The monoisotopic (exact) mass is 387 g/mol. The third-order valence-electron chi connectivity index (χ3n) is 3.48. The van der Waals surface area contributed by atoms with Gasteiger partial charge in [-0.3, -0.25) is 5.43 Å². The molecule has 2 aromatic carbocycles. The van der Waals surface area contributed by atoms with Crippen LogP contribution in [0.3, 0.4) is 0 Å². The average Bonchev–Trinajstić information content (AvgIpc) is 3.07. The van der Waals surface area contributed by atoms with Crippen LogP contribution in [-0.2, 0) is 6.61 Å². The first-order chi connectivity index (χ1) is 12.6. The Balaban J connectivity index is 1.63. The van der Waals surface area contributed by atoms with E-state index in [1.54, 1.807) is 36.8 Å². The lowest BCUT2D eigenvalue weighted by atomic mass is 10.2. The van der Waals surface area contributed by atoms with Crippen molar-refractivity contribution in [2.75, 3.05) is 12.5 Å². The van der Waals surface area contributed by atoms with E-state index in [9.17, 15) is 0 Å². The van der Waals surface area contributed by atoms with Gasteiger partial charge in [-0.25, -0.2) is 4.98 Å². The van der Waals surface area contributed by atoms with Gasteiger partial charge >= 0.3 is 0 Å². The highest BCUT2D eigenvalue weighted by Gasteiger charge is 2.07. The fourth-order valence-electron chi connectivity index (χ4n) is 2.22. The van der Waals surface area contributed by atoms with Crippen molar-refractivity contribution in [3.63, 3.8) is 0 Å². The highest BCUT2D eigenvalue weighted by molar-refractivity contribution is 7.09. The third-order valence-corrected chi connectivity index (χ3v) is 4.56. The van der Waals surface area contributed by atoms with E-state index in [0.717, 1.165) is 22.0 Å². The summed E-state index contributed by atoms with van der Waals surface area (Å²) < 4.78 is 11.2. The van der Waals surface area contributed by atoms with E-state index in [0.29, 0.717) is 23.1 Å². The number of hydrazone groups is 1. The zero-order chi connectivity index (χ0) is 18.4. The van der Waals surface area contributed by atoms with Crippen LogP contribution < -0.4 is 14.9 Å². The molecule has 0 bridgehead atoms. The molecule has 0 fully saturated rings. The first-order valence-corrected chi connectivity index (χ1v) is 9.16. The Hall–Kier alpha value is -2.57. The molecule has 0 radical (unpaired) electrons. The van der Waals surface area contributed by atoms with E-state index in [4.69, 9.17) is 21.1 Å². The quantitative estimate of drug-likeness (QED) is 0.450. The number of rotatable bonds is 7. The SMILES string of the molecule is COc1cc(/C=N\Nc2ccc(Cl)cc2)ccc1OCc1csc(C)n1. The molecular formula is C19H18ClN3O2S. The normalized spacial score (nSPS) is 10.9. The number of nitrogens with zero attached hydrogens (tertiary/aromatic N) is 2. The zero-order valence-corrected chi connectivity index (χ0v) is 16.0. The van der Waals surface area contributed by atoms with Gasteiger partial charge in [0.25, 0.3) is 0 Å². The number of methoxy groups -OCH3 is 1. The summed E-state index contributed by atoms with van der Waals surface area (Å²) in [6.07, 6.45) is 1.71. The minimum absolute atomic E-state index is 0.409. The van der Waals surface area contributed by atoms with Crippen LogP contribution in [0.1, 0.15) is 16.3 Å². The molecule has 134 valence electrons. The summed E-state index contributed by atoms with van der Waals surface area (Å²) in [6, 6.07) is 13.0. The van der Waals surface area contributed by atoms with Gasteiger partial charge in [-0.15, -0.1) is 11.3 Å². The maximum Gasteiger partial charge on any atom is 0.161 e. The molecule has 1 N–H and O–H groups in total. The lowest BCUT2D eigenvalue weighted by molar-refractivity contribution is 0.281. The minimum Gasteiger partial charge on any atom is -0.493 e. The summed E-state index contributed by atoms with van der Waals surface area (Å²) in [4.78, 5) is 4.39. The van der Waals surface area contributed by atoms with Crippen LogP contribution in [0.4, 0.5) is 5.69 Å². The molecule has 0 spiro atoms. The lowest BCUT2D eigenvalue weighted by Gasteiger charge is -2.10. The molecule has 0 atom stereocenters. The van der Waals surface area contributed by atoms with E-state index >= 15 is 0 Å². The smallest absolute Gasteiger partial charge is 0.161 e. The third kappa shape index (κ3) is 4.97. The molecule has 5 nitrogen and oxygen atoms in total. The zero-order valence-electron chi connectivity index (χ0n) is 14.4. The predicted octanol–water partition coefficient (Wildman–Crippen LogP) is 5.14. The number of nitrogens with one attached hydrogen (secondary N) is 1. The highest BCUT2D eigenvalue weighted by Crippen LogP contribution is 2.28. The standard InChI is InChI=1S/C19H18ClN3O2S/c1-13-22-17(12-26-13)11-25-18-8-3-14(9-19(18)24-2)10-21-23-16-6-4-15(20)5-7-16/h3-10,12,23H,11H2,1-2H3/b21-10-. The maximum atomic E-state index is 5.86. The van der Waals surface area contributed by atoms with Crippen LogP contribution in [0.2, 0.25) is 5.02 Å². The first kappa shape index (κ1) is 18.2. The molecule has 0 amide bonds. The fraction of sp³-hybridized carbons (Fsp3) is 0.158. The summed E-state index contributed by atoms with van der Waals surface area (Å²) in [5.41, 5.74) is 5.61. The van der Waals surface area contributed by atoms with Crippen LogP contribution in [0, 0.1) is 6.92 Å². The molecule has 0 aliphatic rings. The first-order valence-electron chi connectivity index (χ1n) is 7.90. The van der Waals surface area contributed by atoms with Gasteiger partial charge in [0.05, 0.1) is 29.7 Å². The molecule has 0 aliphatic heterocycles. The molecule has 0 unspecified atom stereocenters. The summed E-state index contributed by atoms with van der Waals surface area (Å²) in [6.45, 7) is 2.38. The maximum absolute atomic E-state index is 5.86. The Labute approximate surface area is 161 Å². The number of aryl methyl sites for hydroxylation is 1. The topological polar surface area (TPSA) is 55.7 Å². The Morgan fingerprint density at radius 2 is 2.00 bits per heavy atom. The number of benzene rings is 2.